The topological polar surface area (TPSA) is 63.4 Å². The Morgan fingerprint density at radius 2 is 1.93 bits per heavy atom. The molecule has 0 aliphatic carbocycles. The molecule has 1 heterocycles. The van der Waals surface area contributed by atoms with Crippen molar-refractivity contribution in [2.45, 2.75) is 44.9 Å². The molecule has 0 radical (unpaired) electrons. The average Bonchev–Trinajstić information content (AvgIpc) is 2.17. The van der Waals surface area contributed by atoms with Crippen molar-refractivity contribution in [3.05, 3.63) is 0 Å². The van der Waals surface area contributed by atoms with Crippen LogP contribution in [0.3, 0.4) is 0 Å². The minimum absolute atomic E-state index is 0.0789. The zero-order chi connectivity index (χ0) is 11.6. The van der Waals surface area contributed by atoms with Crippen molar-refractivity contribution >= 4 is 10.0 Å². The molecule has 2 atom stereocenters. The minimum atomic E-state index is -3.09. The molecule has 0 spiro atoms. The lowest BCUT2D eigenvalue weighted by molar-refractivity contribution is 0.242. The van der Waals surface area contributed by atoms with E-state index in [0.29, 0.717) is 19.0 Å². The Hall–Kier alpha value is -0.130. The van der Waals surface area contributed by atoms with Crippen molar-refractivity contribution in [1.29, 1.82) is 0 Å². The van der Waals surface area contributed by atoms with Gasteiger partial charge in [-0.2, -0.15) is 0 Å². The average molecular weight is 234 g/mol. The molecule has 0 aromatic rings. The van der Waals surface area contributed by atoms with E-state index in [2.05, 4.69) is 0 Å². The van der Waals surface area contributed by atoms with Gasteiger partial charge in [0.25, 0.3) is 0 Å². The first-order valence-electron chi connectivity index (χ1n) is 5.60. The van der Waals surface area contributed by atoms with Crippen LogP contribution in [-0.4, -0.2) is 37.1 Å². The van der Waals surface area contributed by atoms with Crippen LogP contribution in [0.25, 0.3) is 0 Å². The maximum atomic E-state index is 11.9. The second-order valence-corrected chi connectivity index (χ2v) is 7.20. The fourth-order valence-electron chi connectivity index (χ4n) is 1.93. The van der Waals surface area contributed by atoms with Crippen LogP contribution in [0.4, 0.5) is 0 Å². The molecule has 1 saturated heterocycles. The van der Waals surface area contributed by atoms with Gasteiger partial charge in [0.1, 0.15) is 0 Å². The Morgan fingerprint density at radius 1 is 1.33 bits per heavy atom. The standard InChI is InChI=1S/C10H22N2O2S/c1-8(2)15(13,14)12-6-4-5-10(7-12)9(3)11/h8-10H,4-7,11H2,1-3H3. The fourth-order valence-corrected chi connectivity index (χ4v) is 3.31. The number of hydrogen-bond acceptors (Lipinski definition) is 3. The predicted octanol–water partition coefficient (Wildman–Crippen LogP) is 0.784. The molecule has 1 rings (SSSR count). The molecule has 2 N–H and O–H groups in total. The molecular formula is C10H22N2O2S. The Bertz CT molecular complexity index is 299. The first-order chi connectivity index (χ1) is 6.85. The zero-order valence-corrected chi connectivity index (χ0v) is 10.6. The van der Waals surface area contributed by atoms with E-state index < -0.39 is 10.0 Å². The summed E-state index contributed by atoms with van der Waals surface area (Å²) >= 11 is 0. The number of nitrogens with zero attached hydrogens (tertiary/aromatic N) is 1. The monoisotopic (exact) mass is 234 g/mol. The third-order valence-electron chi connectivity index (χ3n) is 3.12. The van der Waals surface area contributed by atoms with Crippen LogP contribution in [0.1, 0.15) is 33.6 Å². The summed E-state index contributed by atoms with van der Waals surface area (Å²) in [5, 5.41) is -0.329. The number of sulfonamides is 1. The van der Waals surface area contributed by atoms with Gasteiger partial charge < -0.3 is 5.73 Å². The molecule has 1 aliphatic rings. The van der Waals surface area contributed by atoms with Gasteiger partial charge in [-0.3, -0.25) is 0 Å². The molecule has 0 saturated carbocycles. The van der Waals surface area contributed by atoms with Crippen molar-refractivity contribution in [3.63, 3.8) is 0 Å². The summed E-state index contributed by atoms with van der Waals surface area (Å²) in [7, 11) is -3.09. The highest BCUT2D eigenvalue weighted by Crippen LogP contribution is 2.22. The Balaban J connectivity index is 2.72. The van der Waals surface area contributed by atoms with Gasteiger partial charge in [-0.1, -0.05) is 0 Å². The largest absolute Gasteiger partial charge is 0.328 e. The highest BCUT2D eigenvalue weighted by molar-refractivity contribution is 7.89. The number of hydrogen-bond donors (Lipinski definition) is 1. The molecule has 1 aliphatic heterocycles. The normalized spacial score (nSPS) is 26.9. The molecule has 15 heavy (non-hydrogen) atoms. The predicted molar refractivity (Wildman–Crippen MR) is 62.0 cm³/mol. The lowest BCUT2D eigenvalue weighted by Crippen LogP contribution is -2.47. The summed E-state index contributed by atoms with van der Waals surface area (Å²) in [4.78, 5) is 0. The van der Waals surface area contributed by atoms with Gasteiger partial charge >= 0.3 is 0 Å². The zero-order valence-electron chi connectivity index (χ0n) is 9.81. The highest BCUT2D eigenvalue weighted by Gasteiger charge is 2.31. The Kier molecular flexibility index (Phi) is 4.14. The molecule has 1 fully saturated rings. The van der Waals surface area contributed by atoms with Gasteiger partial charge in [0.15, 0.2) is 0 Å². The minimum Gasteiger partial charge on any atom is -0.328 e. The maximum absolute atomic E-state index is 11.9. The fraction of sp³-hybridized carbons (Fsp3) is 1.00. The first-order valence-corrected chi connectivity index (χ1v) is 7.10. The van der Waals surface area contributed by atoms with Gasteiger partial charge in [0.2, 0.25) is 10.0 Å². The van der Waals surface area contributed by atoms with Crippen LogP contribution in [-0.2, 0) is 10.0 Å². The molecule has 2 unspecified atom stereocenters. The van der Waals surface area contributed by atoms with Crippen LogP contribution in [0, 0.1) is 5.92 Å². The molecule has 5 heteroatoms. The lowest BCUT2D eigenvalue weighted by atomic mass is 9.93. The van der Waals surface area contributed by atoms with E-state index >= 15 is 0 Å². The number of nitrogens with two attached hydrogens (primary N) is 1. The highest BCUT2D eigenvalue weighted by atomic mass is 32.2. The van der Waals surface area contributed by atoms with E-state index in [-0.39, 0.29) is 11.3 Å². The second kappa shape index (κ2) is 4.80. The summed E-state index contributed by atoms with van der Waals surface area (Å²) in [5.74, 6) is 0.312. The van der Waals surface area contributed by atoms with Crippen molar-refractivity contribution in [2.24, 2.45) is 11.7 Å². The number of rotatable bonds is 3. The van der Waals surface area contributed by atoms with Crippen molar-refractivity contribution in [1.82, 2.24) is 4.31 Å². The van der Waals surface area contributed by atoms with Crippen LogP contribution in [0.15, 0.2) is 0 Å². The van der Waals surface area contributed by atoms with Crippen molar-refractivity contribution in [2.75, 3.05) is 13.1 Å². The second-order valence-electron chi connectivity index (χ2n) is 4.71. The summed E-state index contributed by atoms with van der Waals surface area (Å²) < 4.78 is 25.5. The Morgan fingerprint density at radius 3 is 2.40 bits per heavy atom. The van der Waals surface area contributed by atoms with Crippen LogP contribution >= 0.6 is 0 Å². The molecule has 0 aromatic heterocycles. The van der Waals surface area contributed by atoms with E-state index in [1.807, 2.05) is 6.92 Å². The summed E-state index contributed by atoms with van der Waals surface area (Å²) in [6.45, 7) is 6.66. The SMILES string of the molecule is CC(N)C1CCCN(S(=O)(=O)C(C)C)C1. The van der Waals surface area contributed by atoms with Gasteiger partial charge in [-0.05, 0) is 39.5 Å². The van der Waals surface area contributed by atoms with Gasteiger partial charge in [0.05, 0.1) is 5.25 Å². The smallest absolute Gasteiger partial charge is 0.216 e. The Labute approximate surface area is 92.9 Å². The molecule has 0 bridgehead atoms. The molecule has 4 nitrogen and oxygen atoms in total. The van der Waals surface area contributed by atoms with E-state index in [0.717, 1.165) is 12.8 Å². The van der Waals surface area contributed by atoms with E-state index in [1.54, 1.807) is 18.2 Å². The van der Waals surface area contributed by atoms with Crippen molar-refractivity contribution in [3.8, 4) is 0 Å². The first kappa shape index (κ1) is 12.9. The summed E-state index contributed by atoms with van der Waals surface area (Å²) in [6.07, 6.45) is 1.97. The van der Waals surface area contributed by atoms with E-state index in [9.17, 15) is 8.42 Å². The van der Waals surface area contributed by atoms with Crippen LogP contribution in [0.5, 0.6) is 0 Å². The maximum Gasteiger partial charge on any atom is 0.216 e. The third kappa shape index (κ3) is 2.92. The quantitative estimate of drug-likeness (QED) is 0.785. The van der Waals surface area contributed by atoms with Gasteiger partial charge in [-0.15, -0.1) is 0 Å². The summed E-state index contributed by atoms with van der Waals surface area (Å²) in [6, 6.07) is 0.0789. The van der Waals surface area contributed by atoms with Crippen LogP contribution in [0.2, 0.25) is 0 Å². The molecule has 90 valence electrons. The number of piperidine rings is 1. The molecule has 0 amide bonds. The van der Waals surface area contributed by atoms with E-state index in [4.69, 9.17) is 5.73 Å². The van der Waals surface area contributed by atoms with Gasteiger partial charge in [-0.25, -0.2) is 12.7 Å². The van der Waals surface area contributed by atoms with Crippen molar-refractivity contribution < 1.29 is 8.42 Å². The molecular weight excluding hydrogens is 212 g/mol. The third-order valence-corrected chi connectivity index (χ3v) is 5.36. The van der Waals surface area contributed by atoms with Gasteiger partial charge in [0, 0.05) is 19.1 Å². The van der Waals surface area contributed by atoms with Crippen LogP contribution < -0.4 is 5.73 Å². The molecule has 0 aromatic carbocycles. The summed E-state index contributed by atoms with van der Waals surface area (Å²) in [5.41, 5.74) is 5.83. The lowest BCUT2D eigenvalue weighted by Gasteiger charge is -2.34. The van der Waals surface area contributed by atoms with E-state index in [1.165, 1.54) is 0 Å².